The third kappa shape index (κ3) is 1.96. The normalized spacial score (nSPS) is 62.6. The molecular formula is C28H34O6. The highest BCUT2D eigenvalue weighted by molar-refractivity contribution is 5.97. The van der Waals surface area contributed by atoms with Gasteiger partial charge in [-0.2, -0.15) is 0 Å². The molecule has 0 N–H and O–H groups in total. The first-order valence-electron chi connectivity index (χ1n) is 13.2. The molecule has 8 aliphatic rings. The van der Waals surface area contributed by atoms with Crippen molar-refractivity contribution in [3.05, 3.63) is 24.3 Å². The Morgan fingerprint density at radius 1 is 1.03 bits per heavy atom. The maximum absolute atomic E-state index is 13.4. The molecule has 34 heavy (non-hydrogen) atoms. The first kappa shape index (κ1) is 20.7. The van der Waals surface area contributed by atoms with E-state index < -0.39 is 11.0 Å². The molecule has 0 unspecified atom stereocenters. The second kappa shape index (κ2) is 5.73. The number of ketones is 1. The maximum Gasteiger partial charge on any atom is 0.336 e. The standard InChI is InChI=1S/C28H34O6/c1-14-23(30)32-19-12-25(14,3)31-13-15(19)17-10-22-28(34-22)18-11-21-27(33-21)8-5-6-20(29)26(27,4)16(18)7-9-24(17,28)2/h5-6,15-19,21-22H,1,7-13H2,2-4H3/t15-,16-,17+,18+,19+,21+,22-,24+,25+,26-,27+,28-/m0/s1. The quantitative estimate of drug-likeness (QED) is 0.334. The average molecular weight is 467 g/mol. The number of epoxide rings is 2. The van der Waals surface area contributed by atoms with Crippen LogP contribution < -0.4 is 0 Å². The molecule has 182 valence electrons. The molecule has 0 aromatic rings. The fourth-order valence-electron chi connectivity index (χ4n) is 10.3. The number of hydrogen-bond donors (Lipinski definition) is 0. The van der Waals surface area contributed by atoms with Crippen LogP contribution in [0.1, 0.15) is 59.3 Å². The van der Waals surface area contributed by atoms with E-state index in [1.807, 2.05) is 19.1 Å². The van der Waals surface area contributed by atoms with Gasteiger partial charge >= 0.3 is 5.97 Å². The SMILES string of the molecule is C=C1C(=O)O[C@@H]2C[C@@]1(C)OC[C@H]2[C@H]1C[C@@H]2O[C@@]23[C@@H]2C[C@H]4O[C@]45CC=CC(=O)[C@]5(C)[C@H]2CC[C@]13C. The van der Waals surface area contributed by atoms with Crippen molar-refractivity contribution in [2.75, 3.05) is 6.61 Å². The van der Waals surface area contributed by atoms with E-state index in [1.54, 1.807) is 0 Å². The Balaban J connectivity index is 1.15. The van der Waals surface area contributed by atoms with Crippen molar-refractivity contribution in [2.45, 2.75) is 94.4 Å². The Hall–Kier alpha value is -1.50. The lowest BCUT2D eigenvalue weighted by atomic mass is 9.44. The summed E-state index contributed by atoms with van der Waals surface area (Å²) < 4.78 is 25.3. The van der Waals surface area contributed by atoms with Crippen molar-refractivity contribution in [1.82, 2.24) is 0 Å². The lowest BCUT2D eigenvalue weighted by molar-refractivity contribution is -0.206. The van der Waals surface area contributed by atoms with Gasteiger partial charge in [-0.15, -0.1) is 0 Å². The molecule has 2 spiro atoms. The summed E-state index contributed by atoms with van der Waals surface area (Å²) in [5.41, 5.74) is -1.10. The van der Waals surface area contributed by atoms with E-state index >= 15 is 0 Å². The van der Waals surface area contributed by atoms with Crippen LogP contribution in [0.15, 0.2) is 24.3 Å². The molecule has 2 bridgehead atoms. The van der Waals surface area contributed by atoms with Crippen LogP contribution in [0.4, 0.5) is 0 Å². The number of carbonyl (C=O) groups is 2. The Kier molecular flexibility index (Phi) is 3.48. The number of ether oxygens (including phenoxy) is 4. The smallest absolute Gasteiger partial charge is 0.336 e. The maximum atomic E-state index is 13.4. The molecule has 4 saturated heterocycles. The molecule has 4 heterocycles. The van der Waals surface area contributed by atoms with E-state index in [9.17, 15) is 9.59 Å². The summed E-state index contributed by atoms with van der Waals surface area (Å²) in [5, 5.41) is 0. The van der Waals surface area contributed by atoms with Gasteiger partial charge in [-0.25, -0.2) is 4.79 Å². The minimum atomic E-state index is -0.607. The van der Waals surface area contributed by atoms with Crippen molar-refractivity contribution in [3.8, 4) is 0 Å². The summed E-state index contributed by atoms with van der Waals surface area (Å²) in [6.45, 7) is 11.1. The van der Waals surface area contributed by atoms with E-state index in [0.717, 1.165) is 32.1 Å². The average Bonchev–Trinajstić information content (AvgIpc) is 3.67. The molecular weight excluding hydrogens is 432 g/mol. The van der Waals surface area contributed by atoms with Gasteiger partial charge in [-0.3, -0.25) is 4.79 Å². The van der Waals surface area contributed by atoms with Crippen molar-refractivity contribution in [3.63, 3.8) is 0 Å². The van der Waals surface area contributed by atoms with Gasteiger partial charge in [0.25, 0.3) is 0 Å². The van der Waals surface area contributed by atoms with E-state index in [4.69, 9.17) is 18.9 Å². The van der Waals surface area contributed by atoms with Crippen LogP contribution in [-0.2, 0) is 28.5 Å². The number of fused-ring (bicyclic) bond motifs is 4. The Bertz CT molecular complexity index is 1100. The fraction of sp³-hybridized carbons (Fsp3) is 0.786. The predicted octanol–water partition coefficient (Wildman–Crippen LogP) is 3.53. The molecule has 0 aromatic heterocycles. The van der Waals surface area contributed by atoms with Crippen LogP contribution in [0.5, 0.6) is 0 Å². The second-order valence-electron chi connectivity index (χ2n) is 13.1. The fourth-order valence-corrected chi connectivity index (χ4v) is 10.3. The van der Waals surface area contributed by atoms with Crippen LogP contribution in [0.2, 0.25) is 0 Å². The Labute approximate surface area is 200 Å². The van der Waals surface area contributed by atoms with E-state index in [2.05, 4.69) is 20.4 Å². The molecule has 4 aliphatic carbocycles. The molecule has 7 fully saturated rings. The predicted molar refractivity (Wildman–Crippen MR) is 121 cm³/mol. The monoisotopic (exact) mass is 466 g/mol. The summed E-state index contributed by atoms with van der Waals surface area (Å²) in [5.74, 6) is 1.12. The van der Waals surface area contributed by atoms with Crippen LogP contribution in [0.3, 0.4) is 0 Å². The minimum Gasteiger partial charge on any atom is -0.458 e. The zero-order chi connectivity index (χ0) is 23.5. The van der Waals surface area contributed by atoms with E-state index in [-0.39, 0.29) is 52.6 Å². The van der Waals surface area contributed by atoms with Gasteiger partial charge in [0, 0.05) is 17.8 Å². The highest BCUT2D eigenvalue weighted by Gasteiger charge is 2.86. The number of hydrogen-bond acceptors (Lipinski definition) is 6. The summed E-state index contributed by atoms with van der Waals surface area (Å²) in [6.07, 6.45) is 9.68. The van der Waals surface area contributed by atoms with Gasteiger partial charge < -0.3 is 18.9 Å². The Morgan fingerprint density at radius 2 is 1.82 bits per heavy atom. The number of carbonyl (C=O) groups excluding carboxylic acids is 2. The minimum absolute atomic E-state index is 0.0136. The zero-order valence-electron chi connectivity index (χ0n) is 20.3. The zero-order valence-corrected chi connectivity index (χ0v) is 20.3. The van der Waals surface area contributed by atoms with Gasteiger partial charge in [0.1, 0.15) is 22.9 Å². The third-order valence-electron chi connectivity index (χ3n) is 12.4. The van der Waals surface area contributed by atoms with Gasteiger partial charge in [0.2, 0.25) is 0 Å². The van der Waals surface area contributed by atoms with Crippen molar-refractivity contribution in [1.29, 1.82) is 0 Å². The van der Waals surface area contributed by atoms with Crippen molar-refractivity contribution in [2.24, 2.45) is 34.5 Å². The summed E-state index contributed by atoms with van der Waals surface area (Å²) in [7, 11) is 0. The summed E-state index contributed by atoms with van der Waals surface area (Å²) in [4.78, 5) is 25.9. The summed E-state index contributed by atoms with van der Waals surface area (Å²) >= 11 is 0. The molecule has 6 nitrogen and oxygen atoms in total. The van der Waals surface area contributed by atoms with Crippen molar-refractivity contribution >= 4 is 11.8 Å². The third-order valence-corrected chi connectivity index (χ3v) is 12.4. The second-order valence-corrected chi connectivity index (χ2v) is 13.1. The van der Waals surface area contributed by atoms with Crippen LogP contribution >= 0.6 is 0 Å². The van der Waals surface area contributed by atoms with Gasteiger partial charge in [-0.05, 0) is 69.8 Å². The molecule has 4 aliphatic heterocycles. The van der Waals surface area contributed by atoms with Crippen LogP contribution in [-0.4, -0.2) is 53.5 Å². The molecule has 3 saturated carbocycles. The summed E-state index contributed by atoms with van der Waals surface area (Å²) in [6, 6.07) is 0. The highest BCUT2D eigenvalue weighted by atomic mass is 16.6. The Morgan fingerprint density at radius 3 is 2.65 bits per heavy atom. The molecule has 0 radical (unpaired) electrons. The number of allylic oxidation sites excluding steroid dienone is 1. The molecule has 0 aromatic carbocycles. The molecule has 12 atom stereocenters. The van der Waals surface area contributed by atoms with E-state index in [0.29, 0.717) is 36.4 Å². The van der Waals surface area contributed by atoms with Gasteiger partial charge in [0.15, 0.2) is 5.78 Å². The lowest BCUT2D eigenvalue weighted by Gasteiger charge is -2.59. The van der Waals surface area contributed by atoms with Crippen molar-refractivity contribution < 1.29 is 28.5 Å². The largest absolute Gasteiger partial charge is 0.458 e. The lowest BCUT2D eigenvalue weighted by Crippen LogP contribution is -2.64. The molecule has 0 amide bonds. The van der Waals surface area contributed by atoms with Crippen LogP contribution in [0, 0.1) is 34.5 Å². The molecule has 8 rings (SSSR count). The molecule has 6 heteroatoms. The van der Waals surface area contributed by atoms with Gasteiger partial charge in [0.05, 0.1) is 29.8 Å². The van der Waals surface area contributed by atoms with Crippen LogP contribution in [0.25, 0.3) is 0 Å². The highest BCUT2D eigenvalue weighted by Crippen LogP contribution is 2.79. The number of rotatable bonds is 1. The number of esters is 1. The first-order chi connectivity index (χ1) is 16.1. The topological polar surface area (TPSA) is 77.7 Å². The van der Waals surface area contributed by atoms with Gasteiger partial charge in [-0.1, -0.05) is 19.6 Å². The first-order valence-corrected chi connectivity index (χ1v) is 13.2. The van der Waals surface area contributed by atoms with E-state index in [1.165, 1.54) is 0 Å².